The molecule has 2 rings (SSSR count). The van der Waals surface area contributed by atoms with Crippen LogP contribution in [0.15, 0.2) is 54.6 Å². The standard InChI is InChI=1S/C20H22N2O4S/c1-2-3-12-25-19(24)15-8-7-9-16(13-15)21-20(27)22-18(23)14-26-17-10-5-4-6-11-17/h4-11,13H,2-3,12,14H2,1H3,(H2,21,22,23,27). The van der Waals surface area contributed by atoms with Crippen LogP contribution in [0.5, 0.6) is 5.75 Å². The fourth-order valence-corrected chi connectivity index (χ4v) is 2.34. The smallest absolute Gasteiger partial charge is 0.338 e. The number of para-hydroxylation sites is 1. The molecule has 0 aliphatic heterocycles. The van der Waals surface area contributed by atoms with Crippen LogP contribution in [0, 0.1) is 0 Å². The Labute approximate surface area is 163 Å². The maximum Gasteiger partial charge on any atom is 0.338 e. The van der Waals surface area contributed by atoms with E-state index in [0.29, 0.717) is 23.6 Å². The predicted molar refractivity (Wildman–Crippen MR) is 108 cm³/mol. The number of hydrogen-bond donors (Lipinski definition) is 2. The van der Waals surface area contributed by atoms with Crippen molar-refractivity contribution in [3.63, 3.8) is 0 Å². The molecule has 0 saturated heterocycles. The number of amides is 1. The normalized spacial score (nSPS) is 9.96. The highest BCUT2D eigenvalue weighted by atomic mass is 32.1. The molecule has 2 aromatic rings. The van der Waals surface area contributed by atoms with E-state index in [2.05, 4.69) is 10.6 Å². The number of benzene rings is 2. The molecule has 0 atom stereocenters. The van der Waals surface area contributed by atoms with E-state index < -0.39 is 5.97 Å². The first-order valence-corrected chi connectivity index (χ1v) is 9.05. The maximum atomic E-state index is 12.0. The minimum Gasteiger partial charge on any atom is -0.484 e. The Hall–Kier alpha value is -2.93. The van der Waals surface area contributed by atoms with Gasteiger partial charge in [-0.15, -0.1) is 0 Å². The van der Waals surface area contributed by atoms with E-state index in [1.165, 1.54) is 0 Å². The van der Waals surface area contributed by atoms with Crippen molar-refractivity contribution in [3.8, 4) is 5.75 Å². The van der Waals surface area contributed by atoms with E-state index in [0.717, 1.165) is 12.8 Å². The molecular formula is C20H22N2O4S. The zero-order chi connectivity index (χ0) is 19.5. The first kappa shape index (κ1) is 20.4. The zero-order valence-electron chi connectivity index (χ0n) is 15.1. The molecule has 0 saturated carbocycles. The summed E-state index contributed by atoms with van der Waals surface area (Å²) >= 11 is 5.12. The van der Waals surface area contributed by atoms with Crippen LogP contribution in [-0.4, -0.2) is 30.2 Å². The number of esters is 1. The molecule has 0 aliphatic carbocycles. The number of rotatable bonds is 8. The number of carbonyl (C=O) groups excluding carboxylic acids is 2. The van der Waals surface area contributed by atoms with Crippen molar-refractivity contribution < 1.29 is 19.1 Å². The van der Waals surface area contributed by atoms with Crippen molar-refractivity contribution in [2.24, 2.45) is 0 Å². The summed E-state index contributed by atoms with van der Waals surface area (Å²) in [7, 11) is 0. The van der Waals surface area contributed by atoms with Gasteiger partial charge < -0.3 is 14.8 Å². The van der Waals surface area contributed by atoms with Gasteiger partial charge in [-0.1, -0.05) is 37.6 Å². The van der Waals surface area contributed by atoms with Gasteiger partial charge in [-0.05, 0) is 49.0 Å². The average Bonchev–Trinajstić information content (AvgIpc) is 2.67. The summed E-state index contributed by atoms with van der Waals surface area (Å²) in [5, 5.41) is 5.52. The molecule has 27 heavy (non-hydrogen) atoms. The molecule has 0 heterocycles. The molecule has 0 spiro atoms. The Morgan fingerprint density at radius 3 is 2.59 bits per heavy atom. The first-order valence-electron chi connectivity index (χ1n) is 8.64. The van der Waals surface area contributed by atoms with Crippen LogP contribution in [0.25, 0.3) is 0 Å². The van der Waals surface area contributed by atoms with Crippen LogP contribution < -0.4 is 15.4 Å². The van der Waals surface area contributed by atoms with Crippen molar-refractivity contribution in [1.82, 2.24) is 5.32 Å². The highest BCUT2D eigenvalue weighted by molar-refractivity contribution is 7.80. The summed E-state index contributed by atoms with van der Waals surface area (Å²) in [4.78, 5) is 23.9. The molecule has 0 unspecified atom stereocenters. The molecular weight excluding hydrogens is 364 g/mol. The fourth-order valence-electron chi connectivity index (χ4n) is 2.11. The first-order chi connectivity index (χ1) is 13.1. The van der Waals surface area contributed by atoms with Crippen molar-refractivity contribution in [2.75, 3.05) is 18.5 Å². The highest BCUT2D eigenvalue weighted by Gasteiger charge is 2.10. The summed E-state index contributed by atoms with van der Waals surface area (Å²) in [6.07, 6.45) is 1.78. The summed E-state index contributed by atoms with van der Waals surface area (Å²) in [6, 6.07) is 15.7. The molecule has 142 valence electrons. The van der Waals surface area contributed by atoms with E-state index in [1.54, 1.807) is 36.4 Å². The maximum absolute atomic E-state index is 12.0. The topological polar surface area (TPSA) is 76.7 Å². The van der Waals surface area contributed by atoms with Gasteiger partial charge in [-0.3, -0.25) is 10.1 Å². The van der Waals surface area contributed by atoms with E-state index in [1.807, 2.05) is 25.1 Å². The van der Waals surface area contributed by atoms with Crippen LogP contribution in [0.3, 0.4) is 0 Å². The lowest BCUT2D eigenvalue weighted by Gasteiger charge is -2.11. The van der Waals surface area contributed by atoms with Crippen molar-refractivity contribution >= 4 is 34.9 Å². The molecule has 1 amide bonds. The van der Waals surface area contributed by atoms with Crippen molar-refractivity contribution in [3.05, 3.63) is 60.2 Å². The predicted octanol–water partition coefficient (Wildman–Crippen LogP) is 3.54. The van der Waals surface area contributed by atoms with Gasteiger partial charge in [0.15, 0.2) is 11.7 Å². The minimum absolute atomic E-state index is 0.119. The Kier molecular flexibility index (Phi) is 8.25. The summed E-state index contributed by atoms with van der Waals surface area (Å²) in [5.41, 5.74) is 0.992. The SMILES string of the molecule is CCCCOC(=O)c1cccc(NC(=S)NC(=O)COc2ccccc2)c1. The third-order valence-electron chi connectivity index (χ3n) is 3.45. The third kappa shape index (κ3) is 7.45. The highest BCUT2D eigenvalue weighted by Crippen LogP contribution is 2.12. The lowest BCUT2D eigenvalue weighted by Crippen LogP contribution is -2.37. The Balaban J connectivity index is 1.81. The van der Waals surface area contributed by atoms with Gasteiger partial charge >= 0.3 is 5.97 Å². The Morgan fingerprint density at radius 2 is 1.85 bits per heavy atom. The van der Waals surface area contributed by atoms with Crippen LogP contribution in [-0.2, 0) is 9.53 Å². The van der Waals surface area contributed by atoms with Crippen LogP contribution >= 0.6 is 12.2 Å². The fraction of sp³-hybridized carbons (Fsp3) is 0.250. The Morgan fingerprint density at radius 1 is 1.07 bits per heavy atom. The molecule has 2 N–H and O–H groups in total. The van der Waals surface area contributed by atoms with Gasteiger partial charge in [-0.2, -0.15) is 0 Å². The number of anilines is 1. The molecule has 7 heteroatoms. The lowest BCUT2D eigenvalue weighted by molar-refractivity contribution is -0.121. The van der Waals surface area contributed by atoms with Crippen molar-refractivity contribution in [1.29, 1.82) is 0 Å². The molecule has 0 radical (unpaired) electrons. The molecule has 0 aromatic heterocycles. The van der Waals surface area contributed by atoms with Gasteiger partial charge in [0.05, 0.1) is 12.2 Å². The van der Waals surface area contributed by atoms with Crippen LogP contribution in [0.2, 0.25) is 0 Å². The molecule has 6 nitrogen and oxygen atoms in total. The number of ether oxygens (including phenoxy) is 2. The number of nitrogens with one attached hydrogen (secondary N) is 2. The second-order valence-corrected chi connectivity index (χ2v) is 6.08. The van der Waals surface area contributed by atoms with E-state index >= 15 is 0 Å². The van der Waals surface area contributed by atoms with Gasteiger partial charge in [0, 0.05) is 5.69 Å². The molecule has 0 aliphatic rings. The Bertz CT molecular complexity index is 781. The van der Waals surface area contributed by atoms with E-state index in [4.69, 9.17) is 21.7 Å². The zero-order valence-corrected chi connectivity index (χ0v) is 15.9. The second-order valence-electron chi connectivity index (χ2n) is 5.67. The van der Waals surface area contributed by atoms with Crippen LogP contribution in [0.4, 0.5) is 5.69 Å². The van der Waals surface area contributed by atoms with Crippen LogP contribution in [0.1, 0.15) is 30.1 Å². The van der Waals surface area contributed by atoms with Gasteiger partial charge in [-0.25, -0.2) is 4.79 Å². The quantitative estimate of drug-likeness (QED) is 0.411. The summed E-state index contributed by atoms with van der Waals surface area (Å²) in [5.74, 6) is -0.175. The molecule has 0 bridgehead atoms. The largest absolute Gasteiger partial charge is 0.484 e. The van der Waals surface area contributed by atoms with Crippen molar-refractivity contribution in [2.45, 2.75) is 19.8 Å². The van der Waals surface area contributed by atoms with Gasteiger partial charge in [0.25, 0.3) is 5.91 Å². The van der Waals surface area contributed by atoms with Gasteiger partial charge in [0.2, 0.25) is 0 Å². The number of hydrogen-bond acceptors (Lipinski definition) is 5. The lowest BCUT2D eigenvalue weighted by atomic mass is 10.2. The number of thiocarbonyl (C=S) groups is 1. The second kappa shape index (κ2) is 10.9. The summed E-state index contributed by atoms with van der Waals surface area (Å²) < 4.78 is 10.5. The monoisotopic (exact) mass is 386 g/mol. The number of carbonyl (C=O) groups is 2. The summed E-state index contributed by atoms with van der Waals surface area (Å²) in [6.45, 7) is 2.26. The third-order valence-corrected chi connectivity index (χ3v) is 3.66. The minimum atomic E-state index is -0.390. The molecule has 2 aromatic carbocycles. The van der Waals surface area contributed by atoms with E-state index in [-0.39, 0.29) is 17.6 Å². The molecule has 0 fully saturated rings. The van der Waals surface area contributed by atoms with E-state index in [9.17, 15) is 9.59 Å². The average molecular weight is 386 g/mol. The van der Waals surface area contributed by atoms with Gasteiger partial charge in [0.1, 0.15) is 5.75 Å². The number of unbranched alkanes of at least 4 members (excludes halogenated alkanes) is 1.